The molecule has 2 aromatic carbocycles. The number of ketones is 1. The van der Waals surface area contributed by atoms with Gasteiger partial charge in [-0.05, 0) is 43.2 Å². The molecule has 0 N–H and O–H groups in total. The molecule has 19 heavy (non-hydrogen) atoms. The summed E-state index contributed by atoms with van der Waals surface area (Å²) < 4.78 is 5.38. The van der Waals surface area contributed by atoms with Crippen molar-refractivity contribution in [2.75, 3.05) is 7.11 Å². The van der Waals surface area contributed by atoms with E-state index in [-0.39, 0.29) is 5.78 Å². The first-order valence-corrected chi connectivity index (χ1v) is 6.37. The van der Waals surface area contributed by atoms with E-state index in [9.17, 15) is 4.79 Å². The lowest BCUT2D eigenvalue weighted by molar-refractivity contribution is 0.103. The van der Waals surface area contributed by atoms with Gasteiger partial charge in [0.15, 0.2) is 5.78 Å². The molecule has 0 aliphatic heterocycles. The van der Waals surface area contributed by atoms with Crippen LogP contribution in [-0.2, 0) is 0 Å². The third-order valence-electron chi connectivity index (χ3n) is 3.24. The van der Waals surface area contributed by atoms with Crippen molar-refractivity contribution in [1.29, 1.82) is 0 Å². The summed E-state index contributed by atoms with van der Waals surface area (Å²) in [6.45, 7) is 3.93. The fraction of sp³-hybridized carbons (Fsp3) is 0.188. The molecule has 2 rings (SSSR count). The molecule has 3 heteroatoms. The quantitative estimate of drug-likeness (QED) is 0.784. The van der Waals surface area contributed by atoms with Crippen LogP contribution in [0.2, 0.25) is 5.02 Å². The van der Waals surface area contributed by atoms with Crippen LogP contribution in [0.1, 0.15) is 27.0 Å². The largest absolute Gasteiger partial charge is 0.496 e. The van der Waals surface area contributed by atoms with E-state index in [1.165, 1.54) is 0 Å². The number of hydrogen-bond acceptors (Lipinski definition) is 2. The van der Waals surface area contributed by atoms with Gasteiger partial charge in [0.05, 0.1) is 17.7 Å². The van der Waals surface area contributed by atoms with Crippen LogP contribution < -0.4 is 4.74 Å². The van der Waals surface area contributed by atoms with Crippen LogP contribution in [0.4, 0.5) is 0 Å². The molecule has 0 fully saturated rings. The lowest BCUT2D eigenvalue weighted by Gasteiger charge is -2.13. The van der Waals surface area contributed by atoms with Crippen molar-refractivity contribution < 1.29 is 9.53 Å². The Morgan fingerprint density at radius 3 is 2.37 bits per heavy atom. The highest BCUT2D eigenvalue weighted by Gasteiger charge is 2.18. The summed E-state index contributed by atoms with van der Waals surface area (Å²) in [6.07, 6.45) is 0. The van der Waals surface area contributed by atoms with Crippen LogP contribution >= 0.6 is 11.6 Å². The molecule has 98 valence electrons. The Morgan fingerprint density at radius 2 is 1.74 bits per heavy atom. The Morgan fingerprint density at radius 1 is 1.05 bits per heavy atom. The van der Waals surface area contributed by atoms with Crippen molar-refractivity contribution >= 4 is 17.4 Å². The first kappa shape index (κ1) is 13.6. The number of halogens is 1. The van der Waals surface area contributed by atoms with E-state index in [1.807, 2.05) is 19.9 Å². The average molecular weight is 275 g/mol. The summed E-state index contributed by atoms with van der Waals surface area (Å²) in [6, 6.07) is 10.7. The minimum absolute atomic E-state index is 0.120. The fourth-order valence-electron chi connectivity index (χ4n) is 2.02. The van der Waals surface area contributed by atoms with E-state index < -0.39 is 0 Å². The Bertz CT molecular complexity index is 633. The van der Waals surface area contributed by atoms with Gasteiger partial charge in [0, 0.05) is 5.56 Å². The van der Waals surface area contributed by atoms with Crippen molar-refractivity contribution in [3.05, 3.63) is 63.7 Å². The molecule has 0 bridgehead atoms. The standard InChI is InChI=1S/C16H15ClO2/c1-10-8-9-13(16(19-3)11(10)2)15(18)12-6-4-5-7-14(12)17/h4-9H,1-3H3. The molecule has 0 amide bonds. The van der Waals surface area contributed by atoms with Gasteiger partial charge < -0.3 is 4.74 Å². The van der Waals surface area contributed by atoms with Crippen molar-refractivity contribution in [3.8, 4) is 5.75 Å². The number of methoxy groups -OCH3 is 1. The van der Waals surface area contributed by atoms with E-state index in [2.05, 4.69) is 0 Å². The minimum atomic E-state index is -0.120. The topological polar surface area (TPSA) is 26.3 Å². The van der Waals surface area contributed by atoms with Crippen LogP contribution in [-0.4, -0.2) is 12.9 Å². The van der Waals surface area contributed by atoms with E-state index in [4.69, 9.17) is 16.3 Å². The van der Waals surface area contributed by atoms with Gasteiger partial charge in [-0.25, -0.2) is 0 Å². The van der Waals surface area contributed by atoms with E-state index in [0.29, 0.717) is 21.9 Å². The zero-order valence-corrected chi connectivity index (χ0v) is 11.9. The minimum Gasteiger partial charge on any atom is -0.496 e. The van der Waals surface area contributed by atoms with E-state index >= 15 is 0 Å². The number of carbonyl (C=O) groups is 1. The van der Waals surface area contributed by atoms with Crippen LogP contribution in [0.3, 0.4) is 0 Å². The number of aryl methyl sites for hydroxylation is 1. The maximum atomic E-state index is 12.5. The predicted molar refractivity (Wildman–Crippen MR) is 77.4 cm³/mol. The molecule has 0 aliphatic carbocycles. The summed E-state index contributed by atoms with van der Waals surface area (Å²) in [5.41, 5.74) is 3.09. The molecule has 0 aromatic heterocycles. The average Bonchev–Trinajstić information content (AvgIpc) is 2.41. The third kappa shape index (κ3) is 2.49. The maximum absolute atomic E-state index is 12.5. The molecular weight excluding hydrogens is 260 g/mol. The van der Waals surface area contributed by atoms with Gasteiger partial charge in [-0.1, -0.05) is 29.8 Å². The first-order valence-electron chi connectivity index (χ1n) is 5.99. The van der Waals surface area contributed by atoms with Crippen LogP contribution in [0.5, 0.6) is 5.75 Å². The molecule has 2 nitrogen and oxygen atoms in total. The first-order chi connectivity index (χ1) is 9.06. The van der Waals surface area contributed by atoms with Crippen molar-refractivity contribution in [1.82, 2.24) is 0 Å². The normalized spacial score (nSPS) is 10.3. The second-order valence-corrected chi connectivity index (χ2v) is 4.80. The molecule has 2 aromatic rings. The summed E-state index contributed by atoms with van der Waals surface area (Å²) in [7, 11) is 1.57. The van der Waals surface area contributed by atoms with Crippen molar-refractivity contribution in [2.24, 2.45) is 0 Å². The molecule has 0 atom stereocenters. The monoisotopic (exact) mass is 274 g/mol. The van der Waals surface area contributed by atoms with Crippen LogP contribution in [0, 0.1) is 13.8 Å². The molecule has 0 saturated heterocycles. The van der Waals surface area contributed by atoms with Crippen molar-refractivity contribution in [3.63, 3.8) is 0 Å². The third-order valence-corrected chi connectivity index (χ3v) is 3.57. The Labute approximate surface area is 118 Å². The van der Waals surface area contributed by atoms with Crippen LogP contribution in [0.25, 0.3) is 0 Å². The number of hydrogen-bond donors (Lipinski definition) is 0. The molecule has 0 heterocycles. The Hall–Kier alpha value is -1.80. The van der Waals surface area contributed by atoms with Gasteiger partial charge in [-0.15, -0.1) is 0 Å². The second kappa shape index (κ2) is 5.45. The molecule has 0 aliphatic rings. The molecule has 0 saturated carbocycles. The Kier molecular flexibility index (Phi) is 3.91. The maximum Gasteiger partial charge on any atom is 0.198 e. The predicted octanol–water partition coefficient (Wildman–Crippen LogP) is 4.20. The number of benzene rings is 2. The zero-order valence-electron chi connectivity index (χ0n) is 11.2. The smallest absolute Gasteiger partial charge is 0.198 e. The summed E-state index contributed by atoms with van der Waals surface area (Å²) >= 11 is 6.07. The van der Waals surface area contributed by atoms with E-state index in [0.717, 1.165) is 11.1 Å². The zero-order chi connectivity index (χ0) is 14.0. The number of rotatable bonds is 3. The van der Waals surface area contributed by atoms with Crippen LogP contribution in [0.15, 0.2) is 36.4 Å². The van der Waals surface area contributed by atoms with Crippen molar-refractivity contribution in [2.45, 2.75) is 13.8 Å². The SMILES string of the molecule is COc1c(C(=O)c2ccccc2Cl)ccc(C)c1C. The summed E-state index contributed by atoms with van der Waals surface area (Å²) in [4.78, 5) is 12.5. The van der Waals surface area contributed by atoms with Gasteiger partial charge in [0.1, 0.15) is 5.75 Å². The highest BCUT2D eigenvalue weighted by molar-refractivity contribution is 6.35. The molecule has 0 unspecified atom stereocenters. The second-order valence-electron chi connectivity index (χ2n) is 4.40. The number of carbonyl (C=O) groups excluding carboxylic acids is 1. The highest BCUT2D eigenvalue weighted by Crippen LogP contribution is 2.29. The van der Waals surface area contributed by atoms with Gasteiger partial charge in [-0.2, -0.15) is 0 Å². The molecule has 0 spiro atoms. The molecule has 0 radical (unpaired) electrons. The van der Waals surface area contributed by atoms with Gasteiger partial charge >= 0.3 is 0 Å². The fourth-order valence-corrected chi connectivity index (χ4v) is 2.24. The summed E-state index contributed by atoms with van der Waals surface area (Å²) in [5, 5.41) is 0.452. The lowest BCUT2D eigenvalue weighted by atomic mass is 9.97. The summed E-state index contributed by atoms with van der Waals surface area (Å²) in [5.74, 6) is 0.496. The lowest BCUT2D eigenvalue weighted by Crippen LogP contribution is -2.06. The van der Waals surface area contributed by atoms with E-state index in [1.54, 1.807) is 37.4 Å². The Balaban J connectivity index is 2.57. The molecular formula is C16H15ClO2. The van der Waals surface area contributed by atoms with Gasteiger partial charge in [0.2, 0.25) is 0 Å². The van der Waals surface area contributed by atoms with Gasteiger partial charge in [0.25, 0.3) is 0 Å². The van der Waals surface area contributed by atoms with Gasteiger partial charge in [-0.3, -0.25) is 4.79 Å². The highest BCUT2D eigenvalue weighted by atomic mass is 35.5. The number of ether oxygens (including phenoxy) is 1.